The van der Waals surface area contributed by atoms with Crippen molar-refractivity contribution in [2.24, 2.45) is 22.7 Å². The maximum Gasteiger partial charge on any atom is 0.430 e. The van der Waals surface area contributed by atoms with Gasteiger partial charge in [-0.3, -0.25) is 4.79 Å². The molecule has 1 N–H and O–H groups in total. The molecule has 1 saturated heterocycles. The molecule has 3 aliphatic rings. The number of ether oxygens (including phenoxy) is 2. The van der Waals surface area contributed by atoms with E-state index >= 15 is 0 Å². The lowest BCUT2D eigenvalue weighted by Crippen LogP contribution is -2.62. The molecule has 206 valence electrons. The zero-order valence-corrected chi connectivity index (χ0v) is 24.1. The van der Waals surface area contributed by atoms with Gasteiger partial charge in [0.25, 0.3) is 5.91 Å². The van der Waals surface area contributed by atoms with E-state index in [4.69, 9.17) is 9.47 Å². The van der Waals surface area contributed by atoms with Crippen molar-refractivity contribution in [2.75, 3.05) is 5.75 Å². The van der Waals surface area contributed by atoms with E-state index in [1.165, 1.54) is 0 Å². The van der Waals surface area contributed by atoms with Crippen LogP contribution in [-0.2, 0) is 24.3 Å². The van der Waals surface area contributed by atoms with Crippen molar-refractivity contribution < 1.29 is 32.3 Å². The molecule has 11 heteroatoms. The van der Waals surface area contributed by atoms with Crippen LogP contribution in [0.25, 0.3) is 0 Å². The maximum absolute atomic E-state index is 14.1. The summed E-state index contributed by atoms with van der Waals surface area (Å²) in [5.41, 5.74) is -0.137. The molecule has 1 spiro atoms. The molecule has 36 heavy (non-hydrogen) atoms. The number of carbonyl (C=O) groups excluding carboxylic acids is 3. The fourth-order valence-electron chi connectivity index (χ4n) is 6.34. The first-order chi connectivity index (χ1) is 16.1. The summed E-state index contributed by atoms with van der Waals surface area (Å²) in [6, 6.07) is -1.79. The number of carbonyl (C=O) groups is 3. The van der Waals surface area contributed by atoms with Crippen LogP contribution in [0.5, 0.6) is 0 Å². The standard InChI is InChI=1S/C25H43N3O7S/c1-15(2)18(27(21(31)35-23(6,7)8)26-20(30)34-22(3,4)5)19(29)28-17-13-16-11-12-25(17,24(16,9)10)14-36(28,32)33/h15-18H,11-14H2,1-10H3,(H,26,30)/t16-,17-,18+,25-/m1/s1/i1+1/t15?,16-,17-,18+,25-. The largest absolute Gasteiger partial charge is 0.443 e. The van der Waals surface area contributed by atoms with Crippen molar-refractivity contribution >= 4 is 28.1 Å². The minimum Gasteiger partial charge on any atom is -0.443 e. The first-order valence-corrected chi connectivity index (χ1v) is 14.3. The van der Waals surface area contributed by atoms with Crippen molar-refractivity contribution in [1.82, 2.24) is 14.7 Å². The van der Waals surface area contributed by atoms with E-state index in [0.29, 0.717) is 12.3 Å². The van der Waals surface area contributed by atoms with Crippen LogP contribution < -0.4 is 5.43 Å². The average molecular weight is 531 g/mol. The first kappa shape index (κ1) is 28.5. The molecule has 2 bridgehead atoms. The van der Waals surface area contributed by atoms with Crippen molar-refractivity contribution in [3.05, 3.63) is 0 Å². The van der Waals surface area contributed by atoms with Crippen LogP contribution in [0.2, 0.25) is 0 Å². The number of nitrogens with zero attached hydrogens (tertiary/aromatic N) is 2. The normalized spacial score (nSPS) is 29.8. The van der Waals surface area contributed by atoms with Crippen LogP contribution in [0.3, 0.4) is 0 Å². The lowest BCUT2D eigenvalue weighted by Gasteiger charge is -2.39. The predicted octanol–water partition coefficient (Wildman–Crippen LogP) is 4.05. The number of fused-ring (bicyclic) bond motifs is 1. The zero-order valence-electron chi connectivity index (χ0n) is 23.3. The second-order valence-corrected chi connectivity index (χ2v) is 15.3. The Balaban J connectivity index is 2.01. The highest BCUT2D eigenvalue weighted by molar-refractivity contribution is 7.90. The molecule has 0 aromatic carbocycles. The summed E-state index contributed by atoms with van der Waals surface area (Å²) in [7, 11) is -3.93. The third kappa shape index (κ3) is 4.91. The fraction of sp³-hybridized carbons (Fsp3) is 0.880. The van der Waals surface area contributed by atoms with Crippen LogP contribution in [0.4, 0.5) is 9.59 Å². The van der Waals surface area contributed by atoms with Crippen LogP contribution in [0.1, 0.15) is 88.5 Å². The average Bonchev–Trinajstić information content (AvgIpc) is 3.11. The van der Waals surface area contributed by atoms with Crippen molar-refractivity contribution in [3.8, 4) is 0 Å². The van der Waals surface area contributed by atoms with Crippen LogP contribution in [-0.4, -0.2) is 64.9 Å². The smallest absolute Gasteiger partial charge is 0.430 e. The molecule has 3 fully saturated rings. The van der Waals surface area contributed by atoms with E-state index in [0.717, 1.165) is 22.2 Å². The van der Waals surface area contributed by atoms with Gasteiger partial charge in [-0.1, -0.05) is 27.7 Å². The van der Waals surface area contributed by atoms with E-state index < -0.39 is 62.7 Å². The highest BCUT2D eigenvalue weighted by atomic mass is 32.2. The minimum atomic E-state index is -3.93. The molecule has 0 aromatic rings. The van der Waals surface area contributed by atoms with Gasteiger partial charge in [0.05, 0.1) is 11.8 Å². The van der Waals surface area contributed by atoms with Gasteiger partial charge in [-0.25, -0.2) is 32.7 Å². The summed E-state index contributed by atoms with van der Waals surface area (Å²) in [4.78, 5) is 40.1. The van der Waals surface area contributed by atoms with Crippen molar-refractivity contribution in [2.45, 2.75) is 112 Å². The molecule has 3 amide bonds. The number of rotatable bonds is 3. The molecule has 5 atom stereocenters. The number of hydrogen-bond donors (Lipinski definition) is 1. The van der Waals surface area contributed by atoms with Crippen LogP contribution in [0, 0.1) is 22.7 Å². The molecule has 1 unspecified atom stereocenters. The van der Waals surface area contributed by atoms with Gasteiger partial charge in [-0.15, -0.1) is 0 Å². The third-order valence-electron chi connectivity index (χ3n) is 7.99. The Morgan fingerprint density at radius 1 is 1.03 bits per heavy atom. The highest BCUT2D eigenvalue weighted by Gasteiger charge is 2.72. The molecule has 1 heterocycles. The van der Waals surface area contributed by atoms with E-state index in [-0.39, 0.29) is 11.2 Å². The summed E-state index contributed by atoms with van der Waals surface area (Å²) in [5, 5.41) is 0.797. The molecule has 10 nitrogen and oxygen atoms in total. The van der Waals surface area contributed by atoms with E-state index in [1.807, 2.05) is 0 Å². The Bertz CT molecular complexity index is 1030. The molecule has 2 saturated carbocycles. The second kappa shape index (κ2) is 8.77. The van der Waals surface area contributed by atoms with Gasteiger partial charge in [-0.2, -0.15) is 0 Å². The quantitative estimate of drug-likeness (QED) is 0.431. The van der Waals surface area contributed by atoms with Crippen molar-refractivity contribution in [1.29, 1.82) is 0 Å². The van der Waals surface area contributed by atoms with Gasteiger partial charge in [0.1, 0.15) is 17.2 Å². The Morgan fingerprint density at radius 3 is 2.06 bits per heavy atom. The Kier molecular flexibility index (Phi) is 6.95. The highest BCUT2D eigenvalue weighted by Crippen LogP contribution is 2.70. The van der Waals surface area contributed by atoms with Crippen molar-refractivity contribution in [3.63, 3.8) is 0 Å². The number of hydrazine groups is 1. The molecule has 1 aliphatic heterocycles. The van der Waals surface area contributed by atoms with Gasteiger partial charge < -0.3 is 9.47 Å². The fourth-order valence-corrected chi connectivity index (χ4v) is 8.90. The molecule has 0 radical (unpaired) electrons. The van der Waals surface area contributed by atoms with Gasteiger partial charge in [0, 0.05) is 5.41 Å². The molecule has 3 rings (SSSR count). The molecular formula is C25H43N3O7S. The summed E-state index contributed by atoms with van der Waals surface area (Å²) >= 11 is 0. The second-order valence-electron chi connectivity index (χ2n) is 13.4. The minimum absolute atomic E-state index is 0.0867. The lowest BCUT2D eigenvalue weighted by atomic mass is 9.69. The van der Waals surface area contributed by atoms with Gasteiger partial charge in [0.2, 0.25) is 10.0 Å². The molecule has 2 aliphatic carbocycles. The van der Waals surface area contributed by atoms with E-state index in [2.05, 4.69) is 19.3 Å². The maximum atomic E-state index is 14.1. The third-order valence-corrected chi connectivity index (χ3v) is 9.91. The Morgan fingerprint density at radius 2 is 1.58 bits per heavy atom. The summed E-state index contributed by atoms with van der Waals surface area (Å²) in [5.74, 6) is -1.04. The van der Waals surface area contributed by atoms with Crippen LogP contribution in [0.15, 0.2) is 0 Å². The molecule has 0 aromatic heterocycles. The summed E-state index contributed by atoms with van der Waals surface area (Å²) in [6.07, 6.45) is 0.373. The van der Waals surface area contributed by atoms with Crippen LogP contribution >= 0.6 is 0 Å². The zero-order chi connectivity index (χ0) is 27.6. The monoisotopic (exact) mass is 530 g/mol. The first-order valence-electron chi connectivity index (χ1n) is 12.7. The number of nitrogens with one attached hydrogen (secondary N) is 1. The summed E-state index contributed by atoms with van der Waals surface area (Å²) < 4.78 is 38.8. The number of amides is 3. The van der Waals surface area contributed by atoms with Gasteiger partial charge in [0.15, 0.2) is 0 Å². The Labute approximate surface area is 215 Å². The van der Waals surface area contributed by atoms with Gasteiger partial charge >= 0.3 is 12.2 Å². The summed E-state index contributed by atoms with van der Waals surface area (Å²) in [6.45, 7) is 17.6. The lowest BCUT2D eigenvalue weighted by molar-refractivity contribution is -0.137. The van der Waals surface area contributed by atoms with E-state index in [9.17, 15) is 22.8 Å². The van der Waals surface area contributed by atoms with Gasteiger partial charge in [-0.05, 0) is 78.1 Å². The number of sulfonamides is 1. The Hall–Kier alpha value is -2.04. The topological polar surface area (TPSA) is 122 Å². The predicted molar refractivity (Wildman–Crippen MR) is 134 cm³/mol. The molecular weight excluding hydrogens is 487 g/mol. The number of hydrogen-bond acceptors (Lipinski definition) is 7. The SMILES string of the molecule is CC([13CH3])[C@@H](C(=O)N1[C@@H]2C[C@H]3CC[C@]2(CS1(=O)=O)C3(C)C)N(NC(=O)OC(C)(C)C)C(=O)OC(C)(C)C. The van der Waals surface area contributed by atoms with E-state index in [1.54, 1.807) is 55.4 Å².